The highest BCUT2D eigenvalue weighted by Crippen LogP contribution is 2.28. The summed E-state index contributed by atoms with van der Waals surface area (Å²) in [6, 6.07) is 10.5. The molecule has 33 heavy (non-hydrogen) atoms. The van der Waals surface area contributed by atoms with Crippen LogP contribution in [0.5, 0.6) is 5.75 Å². The average Bonchev–Trinajstić information content (AvgIpc) is 2.79. The van der Waals surface area contributed by atoms with Crippen molar-refractivity contribution in [2.45, 2.75) is 44.9 Å². The molecule has 1 N–H and O–H groups in total. The van der Waals surface area contributed by atoms with Crippen molar-refractivity contribution < 1.29 is 17.9 Å². The fourth-order valence-corrected chi connectivity index (χ4v) is 6.09. The van der Waals surface area contributed by atoms with Gasteiger partial charge in [-0.15, -0.1) is 0 Å². The van der Waals surface area contributed by atoms with E-state index in [1.165, 1.54) is 4.31 Å². The zero-order chi connectivity index (χ0) is 24.2. The molecule has 1 fully saturated rings. The molecule has 9 heteroatoms. The molecule has 3 rings (SSSR count). The lowest BCUT2D eigenvalue weighted by Gasteiger charge is -2.32. The largest absolute Gasteiger partial charge is 0.496 e. The second-order valence-electron chi connectivity index (χ2n) is 8.40. The number of ether oxygens (including phenoxy) is 1. The molecule has 2 atom stereocenters. The second kappa shape index (κ2) is 11.1. The first kappa shape index (κ1) is 25.8. The molecule has 0 saturated carbocycles. The molecule has 180 valence electrons. The van der Waals surface area contributed by atoms with Crippen molar-refractivity contribution in [2.75, 3.05) is 20.2 Å². The fraction of sp³-hybridized carbons (Fsp3) is 0.458. The maximum absolute atomic E-state index is 13.1. The first-order valence-electron chi connectivity index (χ1n) is 11.0. The predicted octanol–water partition coefficient (Wildman–Crippen LogP) is 5.12. The van der Waals surface area contributed by atoms with Crippen LogP contribution in [0, 0.1) is 12.8 Å². The van der Waals surface area contributed by atoms with E-state index in [1.807, 2.05) is 32.0 Å². The standard InChI is InChI=1S/C24H30Cl2N2O4S/c1-4-22(18-8-10-23(32-3)16(2)12-18)27-24(29)19-6-5-11-28(14-19)33(30,31)15-17-7-9-20(25)21(26)13-17/h7-10,12-13,19,22H,4-6,11,14-15H2,1-3H3,(H,27,29)/t19-,22-/m1/s1. The topological polar surface area (TPSA) is 75.7 Å². The SMILES string of the molecule is CC[C@@H](NC(=O)[C@@H]1CCCN(S(=O)(=O)Cc2ccc(Cl)c(Cl)c2)C1)c1ccc(OC)c(C)c1. The van der Waals surface area contributed by atoms with Gasteiger partial charge in [0.05, 0.1) is 34.9 Å². The lowest BCUT2D eigenvalue weighted by atomic mass is 9.96. The Morgan fingerprint density at radius 3 is 2.61 bits per heavy atom. The zero-order valence-corrected chi connectivity index (χ0v) is 21.4. The van der Waals surface area contributed by atoms with Crippen molar-refractivity contribution in [3.05, 3.63) is 63.1 Å². The lowest BCUT2D eigenvalue weighted by molar-refractivity contribution is -0.126. The highest BCUT2D eigenvalue weighted by Gasteiger charge is 2.33. The number of piperidine rings is 1. The quantitative estimate of drug-likeness (QED) is 0.532. The van der Waals surface area contributed by atoms with Gasteiger partial charge in [-0.25, -0.2) is 12.7 Å². The predicted molar refractivity (Wildman–Crippen MR) is 132 cm³/mol. The summed E-state index contributed by atoms with van der Waals surface area (Å²) in [7, 11) is -1.96. The third kappa shape index (κ3) is 6.41. The molecule has 0 aliphatic carbocycles. The summed E-state index contributed by atoms with van der Waals surface area (Å²) in [5.41, 5.74) is 2.57. The van der Waals surface area contributed by atoms with E-state index >= 15 is 0 Å². The fourth-order valence-electron chi connectivity index (χ4n) is 4.17. The van der Waals surface area contributed by atoms with E-state index in [0.29, 0.717) is 35.0 Å². The van der Waals surface area contributed by atoms with E-state index in [1.54, 1.807) is 25.3 Å². The molecule has 0 aromatic heterocycles. The molecule has 1 saturated heterocycles. The van der Waals surface area contributed by atoms with Crippen LogP contribution in [0.3, 0.4) is 0 Å². The maximum Gasteiger partial charge on any atom is 0.224 e. The van der Waals surface area contributed by atoms with E-state index in [2.05, 4.69) is 5.32 Å². The summed E-state index contributed by atoms with van der Waals surface area (Å²) in [4.78, 5) is 13.1. The van der Waals surface area contributed by atoms with E-state index in [4.69, 9.17) is 27.9 Å². The van der Waals surface area contributed by atoms with Crippen LogP contribution in [-0.2, 0) is 20.6 Å². The Hall–Kier alpha value is -1.80. The Morgan fingerprint density at radius 1 is 1.21 bits per heavy atom. The van der Waals surface area contributed by atoms with Crippen LogP contribution in [0.1, 0.15) is 48.9 Å². The van der Waals surface area contributed by atoms with Crippen molar-refractivity contribution in [3.8, 4) is 5.75 Å². The van der Waals surface area contributed by atoms with E-state index in [0.717, 1.165) is 23.3 Å². The van der Waals surface area contributed by atoms with E-state index in [-0.39, 0.29) is 24.2 Å². The van der Waals surface area contributed by atoms with Crippen LogP contribution in [0.15, 0.2) is 36.4 Å². The number of hydrogen-bond donors (Lipinski definition) is 1. The van der Waals surface area contributed by atoms with E-state index < -0.39 is 15.9 Å². The summed E-state index contributed by atoms with van der Waals surface area (Å²) in [6.45, 7) is 4.56. The number of carbonyl (C=O) groups is 1. The van der Waals surface area contributed by atoms with Crippen molar-refractivity contribution in [3.63, 3.8) is 0 Å². The summed E-state index contributed by atoms with van der Waals surface area (Å²) in [6.07, 6.45) is 2.02. The van der Waals surface area contributed by atoms with Gasteiger partial charge in [-0.05, 0) is 61.1 Å². The minimum Gasteiger partial charge on any atom is -0.496 e. The summed E-state index contributed by atoms with van der Waals surface area (Å²) < 4.78 is 32.8. The first-order chi connectivity index (χ1) is 15.6. The minimum atomic E-state index is -3.59. The minimum absolute atomic E-state index is 0.121. The number of rotatable bonds is 8. The summed E-state index contributed by atoms with van der Waals surface area (Å²) in [5, 5.41) is 3.82. The van der Waals surface area contributed by atoms with Gasteiger partial charge in [0.2, 0.25) is 15.9 Å². The zero-order valence-electron chi connectivity index (χ0n) is 19.1. The number of nitrogens with zero attached hydrogens (tertiary/aromatic N) is 1. The number of halogens is 2. The van der Waals surface area contributed by atoms with Crippen molar-refractivity contribution >= 4 is 39.1 Å². The van der Waals surface area contributed by atoms with Crippen LogP contribution in [-0.4, -0.2) is 38.8 Å². The molecule has 6 nitrogen and oxygen atoms in total. The number of amides is 1. The number of hydrogen-bond acceptors (Lipinski definition) is 4. The van der Waals surface area contributed by atoms with Gasteiger partial charge in [0.1, 0.15) is 5.75 Å². The van der Waals surface area contributed by atoms with Gasteiger partial charge in [0.15, 0.2) is 0 Å². The van der Waals surface area contributed by atoms with Gasteiger partial charge in [-0.1, -0.05) is 48.3 Å². The Kier molecular flexibility index (Phi) is 8.67. The van der Waals surface area contributed by atoms with E-state index in [9.17, 15) is 13.2 Å². The third-order valence-corrected chi connectivity index (χ3v) is 8.58. The number of aryl methyl sites for hydroxylation is 1. The number of methoxy groups -OCH3 is 1. The van der Waals surface area contributed by atoms with Crippen LogP contribution < -0.4 is 10.1 Å². The molecular weight excluding hydrogens is 483 g/mol. The Morgan fingerprint density at radius 2 is 1.97 bits per heavy atom. The lowest BCUT2D eigenvalue weighted by Crippen LogP contribution is -2.46. The molecule has 1 aliphatic rings. The van der Waals surface area contributed by atoms with Crippen LogP contribution in [0.25, 0.3) is 0 Å². The molecule has 0 bridgehead atoms. The Labute approximate surface area is 206 Å². The van der Waals surface area contributed by atoms with Crippen molar-refractivity contribution in [1.82, 2.24) is 9.62 Å². The van der Waals surface area contributed by atoms with Gasteiger partial charge in [-0.3, -0.25) is 4.79 Å². The Balaban J connectivity index is 1.67. The normalized spacial score (nSPS) is 18.0. The molecule has 1 amide bonds. The maximum atomic E-state index is 13.1. The summed E-state index contributed by atoms with van der Waals surface area (Å²) >= 11 is 12.0. The number of carbonyl (C=O) groups excluding carboxylic acids is 1. The second-order valence-corrected chi connectivity index (χ2v) is 11.2. The van der Waals surface area contributed by atoms with Crippen molar-refractivity contribution in [2.24, 2.45) is 5.92 Å². The smallest absolute Gasteiger partial charge is 0.224 e. The van der Waals surface area contributed by atoms with Gasteiger partial charge in [-0.2, -0.15) is 0 Å². The number of sulfonamides is 1. The highest BCUT2D eigenvalue weighted by molar-refractivity contribution is 7.88. The van der Waals surface area contributed by atoms with Gasteiger partial charge < -0.3 is 10.1 Å². The molecule has 1 heterocycles. The van der Waals surface area contributed by atoms with Crippen molar-refractivity contribution in [1.29, 1.82) is 0 Å². The Bertz CT molecular complexity index is 1110. The monoisotopic (exact) mass is 512 g/mol. The molecule has 0 radical (unpaired) electrons. The molecule has 2 aromatic carbocycles. The molecular formula is C24H30Cl2N2O4S. The third-order valence-electron chi connectivity index (χ3n) is 6.03. The number of nitrogens with one attached hydrogen (secondary N) is 1. The molecule has 2 aromatic rings. The summed E-state index contributed by atoms with van der Waals surface area (Å²) in [5.74, 6) is 0.108. The molecule has 0 spiro atoms. The first-order valence-corrected chi connectivity index (χ1v) is 13.4. The molecule has 1 aliphatic heterocycles. The van der Waals surface area contributed by atoms with Gasteiger partial charge in [0, 0.05) is 13.1 Å². The van der Waals surface area contributed by atoms with Crippen LogP contribution >= 0.6 is 23.2 Å². The highest BCUT2D eigenvalue weighted by atomic mass is 35.5. The number of benzene rings is 2. The van der Waals surface area contributed by atoms with Gasteiger partial charge in [0.25, 0.3) is 0 Å². The van der Waals surface area contributed by atoms with Gasteiger partial charge >= 0.3 is 0 Å². The van der Waals surface area contributed by atoms with Crippen LogP contribution in [0.4, 0.5) is 0 Å². The molecule has 0 unspecified atom stereocenters. The van der Waals surface area contributed by atoms with Crippen LogP contribution in [0.2, 0.25) is 10.0 Å². The average molecular weight is 513 g/mol.